The van der Waals surface area contributed by atoms with Gasteiger partial charge in [0.1, 0.15) is 23.9 Å². The molecule has 0 radical (unpaired) electrons. The lowest BCUT2D eigenvalue weighted by atomic mass is 9.72. The van der Waals surface area contributed by atoms with E-state index in [-0.39, 0.29) is 43.7 Å². The molecule has 13 atom stereocenters. The third kappa shape index (κ3) is 9.42. The first-order chi connectivity index (χ1) is 25.8. The second-order valence-electron chi connectivity index (χ2n) is 16.6. The average Bonchev–Trinajstić information content (AvgIpc) is 3.45. The van der Waals surface area contributed by atoms with Gasteiger partial charge in [-0.3, -0.25) is 24.3 Å². The number of rotatable bonds is 11. The van der Waals surface area contributed by atoms with Crippen LogP contribution in [0.4, 0.5) is 4.79 Å². The maximum absolute atomic E-state index is 14.8. The molecule has 14 heteroatoms. The Bertz CT molecular complexity index is 1480. The number of amides is 1. The van der Waals surface area contributed by atoms with Gasteiger partial charge < -0.3 is 38.6 Å². The number of aliphatic hydroxyl groups excluding tert-OH is 1. The number of aromatic nitrogens is 1. The Balaban J connectivity index is 1.76. The summed E-state index contributed by atoms with van der Waals surface area (Å²) in [6.45, 7) is 15.5. The molecule has 0 aromatic carbocycles. The Morgan fingerprint density at radius 1 is 1.04 bits per heavy atom. The Morgan fingerprint density at radius 2 is 1.73 bits per heavy atom. The average molecular weight is 775 g/mol. The maximum Gasteiger partial charge on any atom is 0.410 e. The van der Waals surface area contributed by atoms with E-state index in [0.717, 1.165) is 5.56 Å². The molecule has 3 saturated heterocycles. The molecule has 1 N–H and O–H groups in total. The minimum atomic E-state index is -1.36. The summed E-state index contributed by atoms with van der Waals surface area (Å²) >= 11 is 0. The van der Waals surface area contributed by atoms with Gasteiger partial charge in [-0.1, -0.05) is 40.7 Å². The monoisotopic (exact) mass is 774 g/mol. The number of methoxy groups -OCH3 is 1. The van der Waals surface area contributed by atoms with Gasteiger partial charge in [0.2, 0.25) is 0 Å². The normalized spacial score (nSPS) is 38.2. The fraction of sp³-hybridized carbons (Fsp3) is 0.780. The Hall–Kier alpha value is -3.01. The van der Waals surface area contributed by atoms with E-state index < -0.39 is 83.4 Å². The van der Waals surface area contributed by atoms with E-state index in [2.05, 4.69) is 9.88 Å². The van der Waals surface area contributed by atoms with Gasteiger partial charge in [-0.05, 0) is 79.2 Å². The highest BCUT2D eigenvalue weighted by Crippen LogP contribution is 2.44. The Labute approximate surface area is 327 Å². The van der Waals surface area contributed by atoms with Crippen LogP contribution >= 0.6 is 0 Å². The summed E-state index contributed by atoms with van der Waals surface area (Å²) in [5.41, 5.74) is -1.61. The topological polar surface area (TPSA) is 157 Å². The molecule has 0 aliphatic carbocycles. The predicted octanol–water partition coefficient (Wildman–Crippen LogP) is 4.11. The van der Waals surface area contributed by atoms with Crippen molar-refractivity contribution in [2.75, 3.05) is 41.3 Å². The summed E-state index contributed by atoms with van der Waals surface area (Å²) in [6, 6.07) is 2.80. The highest BCUT2D eigenvalue weighted by molar-refractivity contribution is 6.00. The molecule has 55 heavy (non-hydrogen) atoms. The van der Waals surface area contributed by atoms with Crippen LogP contribution in [0.2, 0.25) is 0 Å². The van der Waals surface area contributed by atoms with Crippen molar-refractivity contribution in [2.24, 2.45) is 23.7 Å². The molecule has 4 heterocycles. The van der Waals surface area contributed by atoms with Gasteiger partial charge in [-0.2, -0.15) is 0 Å². The van der Waals surface area contributed by atoms with Crippen LogP contribution in [0.5, 0.6) is 0 Å². The number of fused-ring (bicyclic) bond motifs is 1. The number of carbonyl (C=O) groups is 4. The van der Waals surface area contributed by atoms with E-state index in [0.29, 0.717) is 19.5 Å². The second-order valence-corrected chi connectivity index (χ2v) is 16.6. The molecule has 4 rings (SSSR count). The van der Waals surface area contributed by atoms with Crippen molar-refractivity contribution in [3.8, 4) is 0 Å². The van der Waals surface area contributed by atoms with Gasteiger partial charge in [-0.15, -0.1) is 0 Å². The molecular weight excluding hydrogens is 708 g/mol. The number of ketones is 2. The minimum Gasteiger partial charge on any atom is -0.457 e. The summed E-state index contributed by atoms with van der Waals surface area (Å²) < 4.78 is 31.4. The first-order valence-corrected chi connectivity index (χ1v) is 19.9. The van der Waals surface area contributed by atoms with E-state index in [1.54, 1.807) is 31.1 Å². The Kier molecular flexibility index (Phi) is 15.0. The smallest absolute Gasteiger partial charge is 0.410 e. The van der Waals surface area contributed by atoms with Crippen LogP contribution in [-0.4, -0.2) is 144 Å². The summed E-state index contributed by atoms with van der Waals surface area (Å²) in [4.78, 5) is 66.9. The van der Waals surface area contributed by atoms with Crippen LogP contribution in [0, 0.1) is 23.7 Å². The van der Waals surface area contributed by atoms with Crippen molar-refractivity contribution >= 4 is 23.6 Å². The van der Waals surface area contributed by atoms with Crippen molar-refractivity contribution in [1.82, 2.24) is 19.7 Å². The zero-order valence-electron chi connectivity index (χ0n) is 35.0. The third-order valence-electron chi connectivity index (χ3n) is 12.4. The summed E-state index contributed by atoms with van der Waals surface area (Å²) in [5.74, 6) is -4.91. The molecule has 1 amide bonds. The molecule has 0 spiro atoms. The second kappa shape index (κ2) is 18.5. The molecule has 3 aliphatic heterocycles. The lowest BCUT2D eigenvalue weighted by Gasteiger charge is -2.47. The molecular formula is C41H66N4O10. The molecule has 310 valence electrons. The lowest BCUT2D eigenvalue weighted by molar-refractivity contribution is -0.295. The van der Waals surface area contributed by atoms with Crippen LogP contribution in [0.25, 0.3) is 0 Å². The number of Topliss-reactive ketones (excluding diaryl/α,β-unsaturated/α-hetero) is 2. The molecule has 0 saturated carbocycles. The van der Waals surface area contributed by atoms with Crippen molar-refractivity contribution in [3.63, 3.8) is 0 Å². The van der Waals surface area contributed by atoms with Gasteiger partial charge >= 0.3 is 12.1 Å². The number of nitrogens with zero attached hydrogens (tertiary/aromatic N) is 4. The number of carbonyl (C=O) groups excluding carboxylic acids is 4. The number of likely N-dealkylation sites (N-methyl/N-ethyl adjacent to an activating group) is 2. The molecule has 3 fully saturated rings. The highest BCUT2D eigenvalue weighted by atomic mass is 16.7. The molecule has 1 aromatic heterocycles. The molecule has 14 nitrogen and oxygen atoms in total. The fourth-order valence-corrected chi connectivity index (χ4v) is 9.16. The van der Waals surface area contributed by atoms with Gasteiger partial charge in [0.05, 0.1) is 23.9 Å². The van der Waals surface area contributed by atoms with Crippen LogP contribution in [0.1, 0.15) is 86.6 Å². The van der Waals surface area contributed by atoms with Crippen LogP contribution in [-0.2, 0) is 44.6 Å². The predicted molar refractivity (Wildman–Crippen MR) is 205 cm³/mol. The number of cyclic esters (lactones) is 1. The van der Waals surface area contributed by atoms with Gasteiger partial charge in [-0.25, -0.2) is 4.79 Å². The van der Waals surface area contributed by atoms with Gasteiger partial charge in [0.15, 0.2) is 17.7 Å². The number of ether oxygens (including phenoxy) is 5. The molecule has 1 unspecified atom stereocenters. The number of aliphatic hydroxyl groups is 1. The van der Waals surface area contributed by atoms with Crippen molar-refractivity contribution in [2.45, 2.75) is 142 Å². The van der Waals surface area contributed by atoms with Crippen molar-refractivity contribution < 1.29 is 48.0 Å². The molecule has 1 aromatic rings. The number of hydrogen-bond donors (Lipinski definition) is 1. The van der Waals surface area contributed by atoms with Gasteiger partial charge in [0, 0.05) is 62.9 Å². The first kappa shape index (κ1) is 44.7. The first-order valence-electron chi connectivity index (χ1n) is 19.9. The quantitative estimate of drug-likeness (QED) is 0.253. The third-order valence-corrected chi connectivity index (χ3v) is 12.4. The molecule has 3 aliphatic rings. The Morgan fingerprint density at radius 3 is 2.31 bits per heavy atom. The summed E-state index contributed by atoms with van der Waals surface area (Å²) in [6.07, 6.45) is -0.222. The zero-order valence-corrected chi connectivity index (χ0v) is 35.0. The van der Waals surface area contributed by atoms with Crippen LogP contribution < -0.4 is 0 Å². The SMILES string of the molecule is CC[C@H]1OC(=O)[C@H](C)C(=O)[C@H](C)[C@@H](OC2O[C@H](C)C[C@H](N(C)C)[C@H]2O)[C@](C)(OC)C[C@@H](C)C(=O)[C@H](C)[C@H]2N(CCN(C)Cc3cccnc3)C(=O)O[C@]12CC. The number of esters is 1. The van der Waals surface area contributed by atoms with Crippen LogP contribution in [0.3, 0.4) is 0 Å². The fourth-order valence-electron chi connectivity index (χ4n) is 9.16. The van der Waals surface area contributed by atoms with Gasteiger partial charge in [0.25, 0.3) is 0 Å². The van der Waals surface area contributed by atoms with E-state index >= 15 is 0 Å². The molecule has 0 bridgehead atoms. The van der Waals surface area contributed by atoms with Crippen molar-refractivity contribution in [1.29, 1.82) is 0 Å². The lowest BCUT2D eigenvalue weighted by Crippen LogP contribution is -2.61. The zero-order chi connectivity index (χ0) is 41.0. The number of hydrogen-bond acceptors (Lipinski definition) is 13. The summed E-state index contributed by atoms with van der Waals surface area (Å²) in [7, 11) is 7.20. The van der Waals surface area contributed by atoms with E-state index in [4.69, 9.17) is 23.7 Å². The minimum absolute atomic E-state index is 0.134. The maximum atomic E-state index is 14.8. The van der Waals surface area contributed by atoms with Crippen LogP contribution in [0.15, 0.2) is 24.5 Å². The van der Waals surface area contributed by atoms with E-state index in [1.165, 1.54) is 14.0 Å². The highest BCUT2D eigenvalue weighted by Gasteiger charge is 2.62. The standard InChI is InChI=1S/C41H66N4O10/c1-13-31-41(14-2)35(45(39(50)55-41)19-18-44(11)23-29-16-15-17-42-22-29)26(5)32(46)24(3)21-40(8,51-12)36(27(6)33(47)28(7)37(49)53-31)54-38-34(48)30(43(9)10)20-25(4)52-38/h15-17,22,24-28,30-31,34-36,38,48H,13-14,18-21,23H2,1-12H3/t24-,25-,26+,27+,28-,30+,31-,34-,35-,36-,38?,40-,41-/m1/s1. The van der Waals surface area contributed by atoms with E-state index in [1.807, 2.05) is 72.8 Å². The largest absolute Gasteiger partial charge is 0.457 e. The van der Waals surface area contributed by atoms with E-state index in [9.17, 15) is 24.3 Å². The summed E-state index contributed by atoms with van der Waals surface area (Å²) in [5, 5.41) is 11.4. The number of pyridine rings is 1. The van der Waals surface area contributed by atoms with Crippen molar-refractivity contribution in [3.05, 3.63) is 30.1 Å².